The lowest BCUT2D eigenvalue weighted by atomic mass is 10.0. The van der Waals surface area contributed by atoms with Gasteiger partial charge < -0.3 is 4.74 Å². The molecule has 0 saturated carbocycles. The number of ether oxygens (including phenoxy) is 1. The van der Waals surface area contributed by atoms with Gasteiger partial charge in [-0.15, -0.1) is 23.1 Å². The fourth-order valence-corrected chi connectivity index (χ4v) is 8.89. The van der Waals surface area contributed by atoms with Crippen LogP contribution in [0, 0.1) is 13.8 Å². The van der Waals surface area contributed by atoms with E-state index >= 15 is 0 Å². The van der Waals surface area contributed by atoms with E-state index in [-0.39, 0.29) is 11.2 Å². The highest BCUT2D eigenvalue weighted by atomic mass is 35.5. The van der Waals surface area contributed by atoms with Gasteiger partial charge >= 0.3 is 5.97 Å². The summed E-state index contributed by atoms with van der Waals surface area (Å²) in [6.45, 7) is 8.82. The van der Waals surface area contributed by atoms with Crippen LogP contribution in [0.4, 0.5) is 0 Å². The fourth-order valence-electron chi connectivity index (χ4n) is 4.01. The van der Waals surface area contributed by atoms with Crippen LogP contribution in [0.15, 0.2) is 45.5 Å². The van der Waals surface area contributed by atoms with Gasteiger partial charge in [0.1, 0.15) is 4.21 Å². The Labute approximate surface area is 221 Å². The van der Waals surface area contributed by atoms with Gasteiger partial charge in [-0.05, 0) is 79.1 Å². The van der Waals surface area contributed by atoms with Crippen molar-refractivity contribution in [2.75, 3.05) is 20.2 Å². The van der Waals surface area contributed by atoms with Crippen molar-refractivity contribution in [1.82, 2.24) is 4.31 Å². The second-order valence-corrected chi connectivity index (χ2v) is 13.7. The summed E-state index contributed by atoms with van der Waals surface area (Å²) in [5.74, 6) is -0.217. The summed E-state index contributed by atoms with van der Waals surface area (Å²) >= 11 is 9.12. The Hall–Kier alpha value is -1.58. The smallest absolute Gasteiger partial charge is 0.305 e. The molecule has 0 aliphatic rings. The molecular weight excluding hydrogens is 522 g/mol. The van der Waals surface area contributed by atoms with Gasteiger partial charge in [0, 0.05) is 39.4 Å². The van der Waals surface area contributed by atoms with E-state index in [2.05, 4.69) is 13.0 Å². The number of nitrogens with zero attached hydrogens (tertiary/aromatic N) is 1. The van der Waals surface area contributed by atoms with Crippen LogP contribution >= 0.6 is 34.7 Å². The van der Waals surface area contributed by atoms with Gasteiger partial charge in [-0.1, -0.05) is 31.5 Å². The molecule has 1 aromatic heterocycles. The quantitative estimate of drug-likeness (QED) is 0.192. The first-order chi connectivity index (χ1) is 16.6. The number of aryl methyl sites for hydroxylation is 3. The number of hydrogen-bond donors (Lipinski definition) is 0. The van der Waals surface area contributed by atoms with Crippen molar-refractivity contribution in [1.29, 1.82) is 0 Å². The standard InChI is InChI=1S/C26H32ClNO4S3/c1-6-13-28(35(30,31)26-19(4)23-15-21(27)9-11-24(23)34-26)16-18(3)33-22-10-7-20(17(2)14-22)8-12-25(29)32-5/h7,9-11,14-15,18H,6,8,12-13,16H2,1-5H3. The number of carbonyl (C=O) groups excluding carboxylic acids is 1. The highest BCUT2D eigenvalue weighted by Gasteiger charge is 2.30. The van der Waals surface area contributed by atoms with E-state index in [0.717, 1.165) is 38.1 Å². The maximum atomic E-state index is 13.7. The molecule has 1 atom stereocenters. The maximum absolute atomic E-state index is 13.7. The molecule has 0 fully saturated rings. The number of fused-ring (bicyclic) bond motifs is 1. The molecule has 5 nitrogen and oxygen atoms in total. The zero-order chi connectivity index (χ0) is 25.8. The number of sulfonamides is 1. The molecular formula is C26H32ClNO4S3. The van der Waals surface area contributed by atoms with Crippen LogP contribution in [0.3, 0.4) is 0 Å². The van der Waals surface area contributed by atoms with Crippen LogP contribution in [-0.2, 0) is 26.0 Å². The summed E-state index contributed by atoms with van der Waals surface area (Å²) in [7, 11) is -2.24. The number of carbonyl (C=O) groups is 1. The first kappa shape index (κ1) is 28.0. The first-order valence-electron chi connectivity index (χ1n) is 11.6. The maximum Gasteiger partial charge on any atom is 0.305 e. The molecule has 0 amide bonds. The molecule has 0 aliphatic carbocycles. The van der Waals surface area contributed by atoms with E-state index in [1.54, 1.807) is 22.1 Å². The van der Waals surface area contributed by atoms with Crippen molar-refractivity contribution in [3.63, 3.8) is 0 Å². The molecule has 1 heterocycles. The highest BCUT2D eigenvalue weighted by Crippen LogP contribution is 2.37. The third kappa shape index (κ3) is 6.80. The minimum atomic E-state index is -3.64. The minimum Gasteiger partial charge on any atom is -0.469 e. The van der Waals surface area contributed by atoms with Crippen molar-refractivity contribution < 1.29 is 17.9 Å². The molecule has 9 heteroatoms. The Balaban J connectivity index is 1.76. The number of rotatable bonds is 11. The Morgan fingerprint density at radius 2 is 1.94 bits per heavy atom. The van der Waals surface area contributed by atoms with Crippen molar-refractivity contribution in [2.45, 2.75) is 61.3 Å². The van der Waals surface area contributed by atoms with Gasteiger partial charge in [0.2, 0.25) is 0 Å². The van der Waals surface area contributed by atoms with Gasteiger partial charge in [0.15, 0.2) is 0 Å². The lowest BCUT2D eigenvalue weighted by Crippen LogP contribution is -2.36. The Morgan fingerprint density at radius 3 is 2.60 bits per heavy atom. The number of benzene rings is 2. The van der Waals surface area contributed by atoms with Crippen LogP contribution in [-0.4, -0.2) is 44.1 Å². The number of hydrogen-bond acceptors (Lipinski definition) is 6. The van der Waals surface area contributed by atoms with Gasteiger partial charge in [-0.2, -0.15) is 4.31 Å². The Bertz CT molecular complexity index is 1300. The molecule has 0 N–H and O–H groups in total. The molecule has 2 aromatic carbocycles. The normalized spacial score (nSPS) is 12.9. The number of thiophene rings is 1. The molecule has 0 saturated heterocycles. The van der Waals surface area contributed by atoms with Crippen LogP contribution in [0.5, 0.6) is 0 Å². The summed E-state index contributed by atoms with van der Waals surface area (Å²) in [4.78, 5) is 12.5. The van der Waals surface area contributed by atoms with Gasteiger partial charge in [0.25, 0.3) is 10.0 Å². The predicted molar refractivity (Wildman–Crippen MR) is 147 cm³/mol. The molecule has 0 bridgehead atoms. The van der Waals surface area contributed by atoms with Crippen molar-refractivity contribution in [2.24, 2.45) is 0 Å². The van der Waals surface area contributed by atoms with Crippen LogP contribution in [0.1, 0.15) is 43.4 Å². The summed E-state index contributed by atoms with van der Waals surface area (Å²) in [5, 5.41) is 1.55. The zero-order valence-corrected chi connectivity index (χ0v) is 24.0. The summed E-state index contributed by atoms with van der Waals surface area (Å²) in [6, 6.07) is 11.7. The summed E-state index contributed by atoms with van der Waals surface area (Å²) in [6.07, 6.45) is 1.73. The lowest BCUT2D eigenvalue weighted by Gasteiger charge is -2.24. The second-order valence-electron chi connectivity index (χ2n) is 8.61. The van der Waals surface area contributed by atoms with Gasteiger partial charge in [0.05, 0.1) is 7.11 Å². The predicted octanol–water partition coefficient (Wildman–Crippen LogP) is 6.86. The second kappa shape index (κ2) is 12.1. The van der Waals surface area contributed by atoms with E-state index in [9.17, 15) is 13.2 Å². The number of thioether (sulfide) groups is 1. The molecule has 0 radical (unpaired) electrons. The molecule has 35 heavy (non-hydrogen) atoms. The van der Waals surface area contributed by atoms with E-state index in [0.29, 0.717) is 35.2 Å². The lowest BCUT2D eigenvalue weighted by molar-refractivity contribution is -0.140. The molecule has 0 aliphatic heterocycles. The van der Waals surface area contributed by atoms with E-state index in [1.807, 2.05) is 45.0 Å². The Kier molecular flexibility index (Phi) is 9.68. The molecule has 1 unspecified atom stereocenters. The fraction of sp³-hybridized carbons (Fsp3) is 0.423. The van der Waals surface area contributed by atoms with E-state index in [4.69, 9.17) is 16.3 Å². The molecule has 190 valence electrons. The van der Waals surface area contributed by atoms with Crippen LogP contribution < -0.4 is 0 Å². The third-order valence-corrected chi connectivity index (χ3v) is 10.9. The molecule has 0 spiro atoms. The average molecular weight is 554 g/mol. The van der Waals surface area contributed by atoms with E-state index < -0.39 is 10.0 Å². The minimum absolute atomic E-state index is 0.0563. The van der Waals surface area contributed by atoms with Gasteiger partial charge in [-0.25, -0.2) is 8.42 Å². The topological polar surface area (TPSA) is 63.7 Å². The highest BCUT2D eigenvalue weighted by molar-refractivity contribution is 8.00. The number of halogens is 1. The van der Waals surface area contributed by atoms with E-state index in [1.165, 1.54) is 18.4 Å². The SMILES string of the molecule is CCCN(CC(C)Sc1ccc(CCC(=O)OC)c(C)c1)S(=O)(=O)c1sc2ccc(Cl)cc2c1C. The molecule has 3 aromatic rings. The zero-order valence-electron chi connectivity index (χ0n) is 20.8. The third-order valence-electron chi connectivity index (χ3n) is 5.84. The Morgan fingerprint density at radius 1 is 1.20 bits per heavy atom. The summed E-state index contributed by atoms with van der Waals surface area (Å²) < 4.78 is 35.0. The monoisotopic (exact) mass is 553 g/mol. The van der Waals surface area contributed by atoms with Crippen LogP contribution in [0.2, 0.25) is 5.02 Å². The van der Waals surface area contributed by atoms with Crippen molar-refractivity contribution in [3.8, 4) is 0 Å². The number of methoxy groups -OCH3 is 1. The van der Waals surface area contributed by atoms with Crippen LogP contribution in [0.25, 0.3) is 10.1 Å². The summed E-state index contributed by atoms with van der Waals surface area (Å²) in [5.41, 5.74) is 2.98. The first-order valence-corrected chi connectivity index (χ1v) is 15.1. The van der Waals surface area contributed by atoms with Crippen molar-refractivity contribution >= 4 is 60.8 Å². The number of esters is 1. The van der Waals surface area contributed by atoms with Crippen molar-refractivity contribution in [3.05, 3.63) is 58.1 Å². The molecule has 3 rings (SSSR count). The van der Waals surface area contributed by atoms with Gasteiger partial charge in [-0.3, -0.25) is 4.79 Å². The average Bonchev–Trinajstić information content (AvgIpc) is 3.14. The largest absolute Gasteiger partial charge is 0.469 e.